The van der Waals surface area contributed by atoms with Crippen LogP contribution in [0.4, 0.5) is 4.79 Å². The number of carboxylic acid groups (broad SMARTS) is 1. The number of hydrogen-bond donors (Lipinski definition) is 2. The number of ether oxygens (including phenoxy) is 1. The monoisotopic (exact) mass is 436 g/mol. The summed E-state index contributed by atoms with van der Waals surface area (Å²) in [4.78, 5) is 38.3. The average molecular weight is 437 g/mol. The van der Waals surface area contributed by atoms with E-state index in [1.165, 1.54) is 4.90 Å². The molecule has 0 spiro atoms. The molecule has 2 amide bonds. The number of aliphatic carboxylic acids is 1. The summed E-state index contributed by atoms with van der Waals surface area (Å²) in [5.41, 5.74) is 3.59. The average Bonchev–Trinajstić information content (AvgIpc) is 3.07. The van der Waals surface area contributed by atoms with Gasteiger partial charge in [-0.15, -0.1) is 0 Å². The van der Waals surface area contributed by atoms with Gasteiger partial charge < -0.3 is 20.1 Å². The molecular formula is C25H28N2O5. The van der Waals surface area contributed by atoms with Gasteiger partial charge in [0.25, 0.3) is 0 Å². The molecule has 1 aliphatic carbocycles. The van der Waals surface area contributed by atoms with Crippen molar-refractivity contribution in [1.82, 2.24) is 10.2 Å². The van der Waals surface area contributed by atoms with Crippen LogP contribution in [0.3, 0.4) is 0 Å². The zero-order chi connectivity index (χ0) is 23.0. The Balaban J connectivity index is 1.40. The number of hydrogen-bond acceptors (Lipinski definition) is 4. The Bertz CT molecular complexity index is 1010. The number of rotatable bonds is 6. The highest BCUT2D eigenvalue weighted by molar-refractivity contribution is 5.89. The highest BCUT2D eigenvalue weighted by Gasteiger charge is 2.49. The van der Waals surface area contributed by atoms with Crippen molar-refractivity contribution < 1.29 is 24.2 Å². The molecule has 0 unspecified atom stereocenters. The summed E-state index contributed by atoms with van der Waals surface area (Å²) in [6.07, 6.45) is -0.652. The van der Waals surface area contributed by atoms with Gasteiger partial charge in [-0.05, 0) is 35.1 Å². The third-order valence-electron chi connectivity index (χ3n) is 6.46. The summed E-state index contributed by atoms with van der Waals surface area (Å²) < 4.78 is 5.57. The van der Waals surface area contributed by atoms with Gasteiger partial charge in [-0.1, -0.05) is 62.4 Å². The third kappa shape index (κ3) is 3.83. The van der Waals surface area contributed by atoms with E-state index in [0.717, 1.165) is 22.3 Å². The minimum absolute atomic E-state index is 0.0620. The predicted molar refractivity (Wildman–Crippen MR) is 119 cm³/mol. The van der Waals surface area contributed by atoms with E-state index in [4.69, 9.17) is 4.74 Å². The minimum Gasteiger partial charge on any atom is -0.481 e. The maximum absolute atomic E-state index is 12.9. The van der Waals surface area contributed by atoms with Crippen LogP contribution in [0.5, 0.6) is 0 Å². The molecule has 4 rings (SSSR count). The molecule has 1 fully saturated rings. The molecule has 7 nitrogen and oxygen atoms in total. The van der Waals surface area contributed by atoms with E-state index in [1.807, 2.05) is 50.2 Å². The fraction of sp³-hybridized carbons (Fsp3) is 0.400. The van der Waals surface area contributed by atoms with Crippen molar-refractivity contribution in [2.75, 3.05) is 19.7 Å². The minimum atomic E-state index is -0.930. The Hall–Kier alpha value is -3.35. The molecule has 1 aliphatic heterocycles. The van der Waals surface area contributed by atoms with Crippen LogP contribution >= 0.6 is 0 Å². The van der Waals surface area contributed by atoms with E-state index in [9.17, 15) is 19.5 Å². The summed E-state index contributed by atoms with van der Waals surface area (Å²) in [5, 5.41) is 12.0. The lowest BCUT2D eigenvalue weighted by Crippen LogP contribution is -2.64. The molecule has 2 aromatic rings. The van der Waals surface area contributed by atoms with Crippen LogP contribution in [0.25, 0.3) is 11.1 Å². The largest absolute Gasteiger partial charge is 0.481 e. The van der Waals surface area contributed by atoms with E-state index in [-0.39, 0.29) is 37.4 Å². The van der Waals surface area contributed by atoms with E-state index in [0.29, 0.717) is 0 Å². The number of carbonyl (C=O) groups is 3. The van der Waals surface area contributed by atoms with Crippen molar-refractivity contribution in [2.45, 2.75) is 32.7 Å². The molecule has 2 aromatic carbocycles. The number of nitrogens with one attached hydrogen (secondary N) is 1. The van der Waals surface area contributed by atoms with Crippen LogP contribution in [0.1, 0.15) is 37.8 Å². The Morgan fingerprint density at radius 1 is 1.06 bits per heavy atom. The SMILES string of the molecule is CC(C)[C@H](NC(=O)OCC1c2ccccc2-c2ccccc21)C(=O)N1CC(C)(C(=O)O)C1. The molecular weight excluding hydrogens is 408 g/mol. The number of carbonyl (C=O) groups excluding carboxylic acids is 2. The van der Waals surface area contributed by atoms with E-state index >= 15 is 0 Å². The Morgan fingerprint density at radius 3 is 2.09 bits per heavy atom. The molecule has 1 heterocycles. The van der Waals surface area contributed by atoms with Crippen LogP contribution in [-0.4, -0.2) is 53.7 Å². The molecule has 0 bridgehead atoms. The molecule has 1 atom stereocenters. The second kappa shape index (κ2) is 8.30. The lowest BCUT2D eigenvalue weighted by molar-refractivity contribution is -0.165. The highest BCUT2D eigenvalue weighted by Crippen LogP contribution is 2.44. The van der Waals surface area contributed by atoms with Gasteiger partial charge >= 0.3 is 12.1 Å². The van der Waals surface area contributed by atoms with Gasteiger partial charge in [0, 0.05) is 19.0 Å². The zero-order valence-corrected chi connectivity index (χ0v) is 18.5. The second-order valence-corrected chi connectivity index (χ2v) is 9.25. The van der Waals surface area contributed by atoms with Crippen LogP contribution < -0.4 is 5.32 Å². The Morgan fingerprint density at radius 2 is 1.59 bits per heavy atom. The molecule has 0 radical (unpaired) electrons. The van der Waals surface area contributed by atoms with Crippen molar-refractivity contribution in [3.63, 3.8) is 0 Å². The lowest BCUT2D eigenvalue weighted by atomic mass is 9.81. The summed E-state index contributed by atoms with van der Waals surface area (Å²) in [6.45, 7) is 5.72. The lowest BCUT2D eigenvalue weighted by Gasteiger charge is -2.46. The number of amides is 2. The number of alkyl carbamates (subject to hydrolysis) is 1. The zero-order valence-electron chi connectivity index (χ0n) is 18.5. The molecule has 168 valence electrons. The van der Waals surface area contributed by atoms with Gasteiger partial charge in [0.15, 0.2) is 0 Å². The third-order valence-corrected chi connectivity index (χ3v) is 6.46. The van der Waals surface area contributed by atoms with Crippen LogP contribution in [0, 0.1) is 11.3 Å². The van der Waals surface area contributed by atoms with E-state index < -0.39 is 23.5 Å². The normalized spacial score (nSPS) is 17.2. The number of fused-ring (bicyclic) bond motifs is 3. The van der Waals surface area contributed by atoms with Gasteiger partial charge in [-0.3, -0.25) is 9.59 Å². The van der Waals surface area contributed by atoms with Crippen molar-refractivity contribution in [2.24, 2.45) is 11.3 Å². The quantitative estimate of drug-likeness (QED) is 0.723. The number of benzene rings is 2. The van der Waals surface area contributed by atoms with Gasteiger partial charge in [0.1, 0.15) is 12.6 Å². The molecule has 1 saturated heterocycles. The maximum Gasteiger partial charge on any atom is 0.407 e. The van der Waals surface area contributed by atoms with Crippen molar-refractivity contribution in [1.29, 1.82) is 0 Å². The van der Waals surface area contributed by atoms with Gasteiger partial charge in [-0.2, -0.15) is 0 Å². The van der Waals surface area contributed by atoms with E-state index in [1.54, 1.807) is 6.92 Å². The van der Waals surface area contributed by atoms with Crippen molar-refractivity contribution in [3.05, 3.63) is 59.7 Å². The number of likely N-dealkylation sites (tertiary alicyclic amines) is 1. The topological polar surface area (TPSA) is 95.9 Å². The molecule has 2 N–H and O–H groups in total. The Kier molecular flexibility index (Phi) is 5.67. The molecule has 7 heteroatoms. The molecule has 0 aromatic heterocycles. The van der Waals surface area contributed by atoms with Crippen LogP contribution in [0.2, 0.25) is 0 Å². The summed E-state index contributed by atoms with van der Waals surface area (Å²) in [5.74, 6) is -1.44. The molecule has 0 saturated carbocycles. The first-order valence-electron chi connectivity index (χ1n) is 10.8. The number of nitrogens with zero attached hydrogens (tertiary/aromatic N) is 1. The fourth-order valence-electron chi connectivity index (χ4n) is 4.56. The molecule has 32 heavy (non-hydrogen) atoms. The van der Waals surface area contributed by atoms with Gasteiger partial charge in [-0.25, -0.2) is 4.79 Å². The maximum atomic E-state index is 12.9. The predicted octanol–water partition coefficient (Wildman–Crippen LogP) is 3.48. The van der Waals surface area contributed by atoms with E-state index in [2.05, 4.69) is 17.4 Å². The summed E-state index contributed by atoms with van der Waals surface area (Å²) in [7, 11) is 0. The van der Waals surface area contributed by atoms with Gasteiger partial charge in [0.2, 0.25) is 5.91 Å². The van der Waals surface area contributed by atoms with Gasteiger partial charge in [0.05, 0.1) is 5.41 Å². The standard InChI is InChI=1S/C25H28N2O5/c1-15(2)21(22(28)27-13-25(3,14-27)23(29)30)26-24(31)32-12-20-18-10-6-4-8-16(18)17-9-5-7-11-19(17)20/h4-11,15,20-21H,12-14H2,1-3H3,(H,26,31)(H,29,30)/t21-/m0/s1. The number of carboxylic acids is 1. The van der Waals surface area contributed by atoms with Crippen LogP contribution in [0.15, 0.2) is 48.5 Å². The van der Waals surface area contributed by atoms with Crippen molar-refractivity contribution in [3.8, 4) is 11.1 Å². The fourth-order valence-corrected chi connectivity index (χ4v) is 4.56. The summed E-state index contributed by atoms with van der Waals surface area (Å²) in [6, 6.07) is 15.4. The first kappa shape index (κ1) is 21.9. The first-order chi connectivity index (χ1) is 15.2. The first-order valence-corrected chi connectivity index (χ1v) is 10.8. The van der Waals surface area contributed by atoms with Crippen LogP contribution in [-0.2, 0) is 14.3 Å². The van der Waals surface area contributed by atoms with Crippen molar-refractivity contribution >= 4 is 18.0 Å². The Labute approximate surface area is 187 Å². The molecule has 2 aliphatic rings. The highest BCUT2D eigenvalue weighted by atomic mass is 16.5. The smallest absolute Gasteiger partial charge is 0.407 e. The summed E-state index contributed by atoms with van der Waals surface area (Å²) >= 11 is 0. The second-order valence-electron chi connectivity index (χ2n) is 9.25.